The van der Waals surface area contributed by atoms with Crippen molar-refractivity contribution in [2.75, 3.05) is 26.2 Å². The van der Waals surface area contributed by atoms with Crippen LogP contribution in [-0.2, 0) is 16.1 Å². The number of aromatic nitrogens is 2. The first-order valence-electron chi connectivity index (χ1n) is 11.5. The number of hydrogen-bond donors (Lipinski definition) is 2. The highest BCUT2D eigenvalue weighted by atomic mass is 35.5. The number of aryl methyl sites for hydroxylation is 1. The molecular formula is C24H32ClN5O4. The van der Waals surface area contributed by atoms with Gasteiger partial charge in [-0.2, -0.15) is 0 Å². The Labute approximate surface area is 204 Å². The maximum atomic E-state index is 13.0. The normalized spacial score (nSPS) is 18.3. The second-order valence-corrected chi connectivity index (χ2v) is 9.19. The van der Waals surface area contributed by atoms with E-state index in [0.717, 1.165) is 5.82 Å². The van der Waals surface area contributed by atoms with Gasteiger partial charge in [0.15, 0.2) is 0 Å². The van der Waals surface area contributed by atoms with Crippen LogP contribution in [0.3, 0.4) is 0 Å². The van der Waals surface area contributed by atoms with Crippen LogP contribution in [0.15, 0.2) is 30.6 Å². The highest BCUT2D eigenvalue weighted by Crippen LogP contribution is 2.23. The number of halogens is 1. The van der Waals surface area contributed by atoms with Crippen molar-refractivity contribution in [3.05, 3.63) is 47.0 Å². The summed E-state index contributed by atoms with van der Waals surface area (Å²) in [5.74, 6) is 0.519. The van der Waals surface area contributed by atoms with Crippen LogP contribution in [0.25, 0.3) is 0 Å². The molecule has 0 unspecified atom stereocenters. The van der Waals surface area contributed by atoms with Crippen LogP contribution < -0.4 is 15.4 Å². The van der Waals surface area contributed by atoms with Gasteiger partial charge in [0.2, 0.25) is 11.8 Å². The number of carbonyl (C=O) groups excluding carboxylic acids is 3. The van der Waals surface area contributed by atoms with E-state index in [-0.39, 0.29) is 49.4 Å². The van der Waals surface area contributed by atoms with Gasteiger partial charge in [0.1, 0.15) is 24.7 Å². The largest absolute Gasteiger partial charge is 0.491 e. The quantitative estimate of drug-likeness (QED) is 0.688. The van der Waals surface area contributed by atoms with Crippen LogP contribution in [0, 0.1) is 12.8 Å². The summed E-state index contributed by atoms with van der Waals surface area (Å²) < 4.78 is 7.70. The standard InChI is InChI=1S/C24H32ClN5O4/c1-16(2)20-15-34-21-7-6-18(25)12-19(21)24(33)27-8-4-5-10-30(13-22(31)28-20)23(32)14-29-11-9-26-17(29)3/h6-7,9,11-12,16,20H,4-5,8,10,13-15H2,1-3H3,(H,27,33)(H,28,31)/t20-/m0/s1. The predicted octanol–water partition coefficient (Wildman–Crippen LogP) is 2.42. The summed E-state index contributed by atoms with van der Waals surface area (Å²) in [5.41, 5.74) is 0.351. The van der Waals surface area contributed by atoms with Crippen molar-refractivity contribution >= 4 is 29.3 Å². The van der Waals surface area contributed by atoms with E-state index < -0.39 is 0 Å². The third-order valence-corrected chi connectivity index (χ3v) is 6.05. The third-order valence-electron chi connectivity index (χ3n) is 5.81. The summed E-state index contributed by atoms with van der Waals surface area (Å²) in [6.45, 7) is 6.85. The Balaban J connectivity index is 1.78. The highest BCUT2D eigenvalue weighted by molar-refractivity contribution is 6.31. The van der Waals surface area contributed by atoms with Gasteiger partial charge < -0.3 is 24.8 Å². The minimum Gasteiger partial charge on any atom is -0.491 e. The summed E-state index contributed by atoms with van der Waals surface area (Å²) in [5, 5.41) is 6.32. The average Bonchev–Trinajstić information content (AvgIpc) is 3.19. The molecule has 0 saturated carbocycles. The SMILES string of the molecule is Cc1nccn1CC(=O)N1CCCCNC(=O)c2cc(Cl)ccc2OC[C@@H](C(C)C)NC(=O)C1. The molecule has 2 aromatic rings. The Kier molecular flexibility index (Phi) is 8.92. The molecule has 0 fully saturated rings. The van der Waals surface area contributed by atoms with Crippen molar-refractivity contribution in [3.63, 3.8) is 0 Å². The van der Waals surface area contributed by atoms with Gasteiger partial charge in [-0.05, 0) is 43.9 Å². The number of hydrogen-bond acceptors (Lipinski definition) is 5. The Morgan fingerprint density at radius 3 is 2.79 bits per heavy atom. The van der Waals surface area contributed by atoms with E-state index in [0.29, 0.717) is 42.3 Å². The van der Waals surface area contributed by atoms with Crippen molar-refractivity contribution in [2.45, 2.75) is 46.2 Å². The predicted molar refractivity (Wildman–Crippen MR) is 129 cm³/mol. The van der Waals surface area contributed by atoms with Crippen molar-refractivity contribution in [2.24, 2.45) is 5.92 Å². The molecule has 1 aliphatic heterocycles. The van der Waals surface area contributed by atoms with Crippen molar-refractivity contribution < 1.29 is 19.1 Å². The van der Waals surface area contributed by atoms with Gasteiger partial charge in [-0.3, -0.25) is 14.4 Å². The van der Waals surface area contributed by atoms with E-state index in [1.807, 2.05) is 20.8 Å². The Hall–Kier alpha value is -3.07. The van der Waals surface area contributed by atoms with Crippen LogP contribution in [0.5, 0.6) is 5.75 Å². The minimum atomic E-state index is -0.308. The molecule has 2 heterocycles. The van der Waals surface area contributed by atoms with E-state index in [2.05, 4.69) is 15.6 Å². The van der Waals surface area contributed by atoms with Gasteiger partial charge in [-0.25, -0.2) is 4.98 Å². The van der Waals surface area contributed by atoms with Gasteiger partial charge in [0.25, 0.3) is 5.91 Å². The number of imidazole rings is 1. The number of fused-ring (bicyclic) bond motifs is 1. The van der Waals surface area contributed by atoms with Crippen LogP contribution in [-0.4, -0.2) is 64.5 Å². The molecule has 1 aromatic carbocycles. The van der Waals surface area contributed by atoms with E-state index in [9.17, 15) is 14.4 Å². The molecule has 10 heteroatoms. The lowest BCUT2D eigenvalue weighted by atomic mass is 10.1. The molecule has 0 saturated heterocycles. The molecule has 34 heavy (non-hydrogen) atoms. The van der Waals surface area contributed by atoms with E-state index in [1.54, 1.807) is 40.1 Å². The first kappa shape index (κ1) is 25.6. The molecule has 2 N–H and O–H groups in total. The second-order valence-electron chi connectivity index (χ2n) is 8.75. The minimum absolute atomic E-state index is 0.0473. The van der Waals surface area contributed by atoms with Crippen molar-refractivity contribution in [1.82, 2.24) is 25.1 Å². The van der Waals surface area contributed by atoms with Crippen LogP contribution in [0.4, 0.5) is 0 Å². The fraction of sp³-hybridized carbons (Fsp3) is 0.500. The molecule has 1 atom stereocenters. The first-order chi connectivity index (χ1) is 16.2. The smallest absolute Gasteiger partial charge is 0.255 e. The lowest BCUT2D eigenvalue weighted by Crippen LogP contribution is -2.48. The van der Waals surface area contributed by atoms with E-state index in [1.165, 1.54) is 0 Å². The van der Waals surface area contributed by atoms with Crippen LogP contribution >= 0.6 is 11.6 Å². The second kappa shape index (κ2) is 11.9. The van der Waals surface area contributed by atoms with Gasteiger partial charge in [-0.15, -0.1) is 0 Å². The number of rotatable bonds is 3. The van der Waals surface area contributed by atoms with Gasteiger partial charge in [0, 0.05) is 30.5 Å². The number of benzene rings is 1. The Morgan fingerprint density at radius 1 is 1.29 bits per heavy atom. The maximum absolute atomic E-state index is 13.0. The fourth-order valence-electron chi connectivity index (χ4n) is 3.64. The van der Waals surface area contributed by atoms with Crippen LogP contribution in [0.1, 0.15) is 42.9 Å². The number of ether oxygens (including phenoxy) is 1. The number of nitrogens with zero attached hydrogens (tertiary/aromatic N) is 3. The fourth-order valence-corrected chi connectivity index (χ4v) is 3.82. The summed E-state index contributed by atoms with van der Waals surface area (Å²) in [7, 11) is 0. The van der Waals surface area contributed by atoms with Crippen molar-refractivity contribution in [1.29, 1.82) is 0 Å². The van der Waals surface area contributed by atoms with Crippen molar-refractivity contribution in [3.8, 4) is 5.75 Å². The van der Waals surface area contributed by atoms with E-state index in [4.69, 9.17) is 16.3 Å². The monoisotopic (exact) mass is 489 g/mol. The average molecular weight is 490 g/mol. The number of carbonyl (C=O) groups is 3. The zero-order valence-corrected chi connectivity index (χ0v) is 20.6. The van der Waals surface area contributed by atoms with E-state index >= 15 is 0 Å². The lowest BCUT2D eigenvalue weighted by molar-refractivity contribution is -0.137. The molecule has 9 nitrogen and oxygen atoms in total. The summed E-state index contributed by atoms with van der Waals surface area (Å²) >= 11 is 6.11. The molecule has 3 rings (SSSR count). The lowest BCUT2D eigenvalue weighted by Gasteiger charge is -2.26. The number of nitrogens with one attached hydrogen (secondary N) is 2. The zero-order chi connectivity index (χ0) is 24.7. The molecule has 0 aliphatic carbocycles. The first-order valence-corrected chi connectivity index (χ1v) is 11.9. The molecule has 1 aliphatic rings. The summed E-state index contributed by atoms with van der Waals surface area (Å²) in [4.78, 5) is 44.4. The Morgan fingerprint density at radius 2 is 2.09 bits per heavy atom. The molecule has 0 bridgehead atoms. The van der Waals surface area contributed by atoms with Gasteiger partial charge in [-0.1, -0.05) is 25.4 Å². The third kappa shape index (κ3) is 6.96. The molecule has 0 spiro atoms. The molecular weight excluding hydrogens is 458 g/mol. The molecule has 0 radical (unpaired) electrons. The molecule has 1 aromatic heterocycles. The van der Waals surface area contributed by atoms with Crippen LogP contribution in [0.2, 0.25) is 5.02 Å². The topological polar surface area (TPSA) is 106 Å². The zero-order valence-electron chi connectivity index (χ0n) is 19.8. The number of amides is 3. The molecule has 184 valence electrons. The highest BCUT2D eigenvalue weighted by Gasteiger charge is 2.23. The summed E-state index contributed by atoms with van der Waals surface area (Å²) in [6.07, 6.45) is 4.66. The Bertz CT molecular complexity index is 1020. The van der Waals surface area contributed by atoms with Gasteiger partial charge >= 0.3 is 0 Å². The summed E-state index contributed by atoms with van der Waals surface area (Å²) in [6, 6.07) is 4.59. The molecule has 3 amide bonds. The van der Waals surface area contributed by atoms with Gasteiger partial charge in [0.05, 0.1) is 18.2 Å². The maximum Gasteiger partial charge on any atom is 0.255 e.